The van der Waals surface area contributed by atoms with Gasteiger partial charge in [-0.2, -0.15) is 13.2 Å². The Morgan fingerprint density at radius 1 is 0.962 bits per heavy atom. The Morgan fingerprint density at radius 3 is 2.15 bits per heavy atom. The minimum absolute atomic E-state index is 0.110. The van der Waals surface area contributed by atoms with Crippen molar-refractivity contribution >= 4 is 29.1 Å². The van der Waals surface area contributed by atoms with Crippen molar-refractivity contribution in [2.45, 2.75) is 6.18 Å². The Morgan fingerprint density at radius 2 is 1.58 bits per heavy atom. The van der Waals surface area contributed by atoms with Crippen LogP contribution in [-0.2, 0) is 15.8 Å². The minimum atomic E-state index is -4.44. The van der Waals surface area contributed by atoms with E-state index in [2.05, 4.69) is 10.6 Å². The average Bonchev–Trinajstić information content (AvgIpc) is 2.60. The zero-order valence-corrected chi connectivity index (χ0v) is 14.0. The summed E-state index contributed by atoms with van der Waals surface area (Å²) in [7, 11) is 0. The van der Waals surface area contributed by atoms with Crippen molar-refractivity contribution in [2.24, 2.45) is 0 Å². The third-order valence-electron chi connectivity index (χ3n) is 3.13. The summed E-state index contributed by atoms with van der Waals surface area (Å²) >= 11 is 5.73. The summed E-state index contributed by atoms with van der Waals surface area (Å²) in [6.07, 6.45) is -4.44. The lowest BCUT2D eigenvalue weighted by Gasteiger charge is -2.10. The summed E-state index contributed by atoms with van der Waals surface area (Å²) in [5.41, 5.74) is -0.289. The van der Waals surface area contributed by atoms with E-state index in [0.29, 0.717) is 10.7 Å². The molecule has 0 spiro atoms. The molecule has 0 aliphatic rings. The van der Waals surface area contributed by atoms with Gasteiger partial charge < -0.3 is 15.4 Å². The first-order chi connectivity index (χ1) is 12.2. The third kappa shape index (κ3) is 6.29. The van der Waals surface area contributed by atoms with Gasteiger partial charge in [-0.15, -0.1) is 0 Å². The second kappa shape index (κ2) is 8.57. The number of benzene rings is 2. The van der Waals surface area contributed by atoms with Gasteiger partial charge in [0.25, 0.3) is 5.91 Å². The summed E-state index contributed by atoms with van der Waals surface area (Å²) in [5, 5.41) is 5.42. The van der Waals surface area contributed by atoms with Crippen molar-refractivity contribution in [2.75, 3.05) is 18.5 Å². The number of carbonyl (C=O) groups is 2. The van der Waals surface area contributed by atoms with Crippen LogP contribution in [0.2, 0.25) is 5.02 Å². The average molecular weight is 387 g/mol. The molecule has 26 heavy (non-hydrogen) atoms. The topological polar surface area (TPSA) is 67.4 Å². The van der Waals surface area contributed by atoms with E-state index >= 15 is 0 Å². The molecule has 0 aliphatic carbocycles. The van der Waals surface area contributed by atoms with Crippen LogP contribution in [0.5, 0.6) is 5.75 Å². The minimum Gasteiger partial charge on any atom is -0.484 e. The van der Waals surface area contributed by atoms with E-state index in [1.165, 1.54) is 0 Å². The summed E-state index contributed by atoms with van der Waals surface area (Å²) in [5.74, 6) is -0.926. The van der Waals surface area contributed by atoms with Crippen molar-refractivity contribution in [3.63, 3.8) is 0 Å². The third-order valence-corrected chi connectivity index (χ3v) is 3.38. The van der Waals surface area contributed by atoms with E-state index in [-0.39, 0.29) is 12.3 Å². The molecular weight excluding hydrogens is 373 g/mol. The molecule has 0 saturated heterocycles. The number of ether oxygens (including phenoxy) is 1. The summed E-state index contributed by atoms with van der Waals surface area (Å²) in [6, 6.07) is 10.4. The number of amides is 2. The van der Waals surface area contributed by atoms with Gasteiger partial charge in [0.1, 0.15) is 5.75 Å². The fourth-order valence-electron chi connectivity index (χ4n) is 1.86. The standard InChI is InChI=1S/C17H14ClF3N2O3/c18-12-3-5-13(6-4-12)23-15(24)9-22-16(25)10-26-14-7-1-11(2-8-14)17(19,20)21/h1-8H,9-10H2,(H,22,25)(H,23,24). The highest BCUT2D eigenvalue weighted by Crippen LogP contribution is 2.30. The molecule has 2 aromatic rings. The first-order valence-electron chi connectivity index (χ1n) is 7.36. The first kappa shape index (κ1) is 19.6. The van der Waals surface area contributed by atoms with E-state index in [9.17, 15) is 22.8 Å². The van der Waals surface area contributed by atoms with Crippen molar-refractivity contribution in [1.82, 2.24) is 5.32 Å². The molecule has 0 fully saturated rings. The first-order valence-corrected chi connectivity index (χ1v) is 7.74. The lowest BCUT2D eigenvalue weighted by Crippen LogP contribution is -2.35. The number of hydrogen-bond donors (Lipinski definition) is 2. The number of halogens is 4. The number of alkyl halides is 3. The molecule has 2 amide bonds. The van der Waals surface area contributed by atoms with Crippen LogP contribution in [0.3, 0.4) is 0 Å². The number of hydrogen-bond acceptors (Lipinski definition) is 3. The fourth-order valence-corrected chi connectivity index (χ4v) is 1.98. The highest BCUT2D eigenvalue weighted by Gasteiger charge is 2.30. The van der Waals surface area contributed by atoms with Gasteiger partial charge in [0.15, 0.2) is 6.61 Å². The van der Waals surface area contributed by atoms with Crippen LogP contribution in [0.1, 0.15) is 5.56 Å². The predicted octanol–water partition coefficient (Wildman–Crippen LogP) is 3.49. The maximum atomic E-state index is 12.4. The smallest absolute Gasteiger partial charge is 0.416 e. The summed E-state index contributed by atoms with van der Waals surface area (Å²) in [4.78, 5) is 23.3. The largest absolute Gasteiger partial charge is 0.484 e. The molecule has 0 radical (unpaired) electrons. The maximum absolute atomic E-state index is 12.4. The number of anilines is 1. The number of carbonyl (C=O) groups excluding carboxylic acids is 2. The van der Waals surface area contributed by atoms with Crippen LogP contribution in [0.25, 0.3) is 0 Å². The molecule has 0 aromatic heterocycles. The SMILES string of the molecule is O=C(COc1ccc(C(F)(F)F)cc1)NCC(=O)Nc1ccc(Cl)cc1. The van der Waals surface area contributed by atoms with Crippen LogP contribution in [0.15, 0.2) is 48.5 Å². The van der Waals surface area contributed by atoms with Crippen molar-refractivity contribution in [3.05, 3.63) is 59.1 Å². The normalized spacial score (nSPS) is 10.9. The monoisotopic (exact) mass is 386 g/mol. The van der Waals surface area contributed by atoms with Gasteiger partial charge in [-0.3, -0.25) is 9.59 Å². The van der Waals surface area contributed by atoms with Gasteiger partial charge in [0.2, 0.25) is 5.91 Å². The fraction of sp³-hybridized carbons (Fsp3) is 0.176. The van der Waals surface area contributed by atoms with Gasteiger partial charge in [-0.05, 0) is 48.5 Å². The van der Waals surface area contributed by atoms with Crippen LogP contribution in [0, 0.1) is 0 Å². The van der Waals surface area contributed by atoms with Gasteiger partial charge in [-0.1, -0.05) is 11.6 Å². The highest BCUT2D eigenvalue weighted by atomic mass is 35.5. The van der Waals surface area contributed by atoms with Gasteiger partial charge in [-0.25, -0.2) is 0 Å². The molecular formula is C17H14ClF3N2O3. The number of rotatable bonds is 6. The second-order valence-electron chi connectivity index (χ2n) is 5.14. The van der Waals surface area contributed by atoms with E-state index < -0.39 is 30.2 Å². The van der Waals surface area contributed by atoms with Crippen LogP contribution in [0.4, 0.5) is 18.9 Å². The predicted molar refractivity (Wildman–Crippen MR) is 90.0 cm³/mol. The van der Waals surface area contributed by atoms with Crippen molar-refractivity contribution < 1.29 is 27.5 Å². The molecule has 2 aromatic carbocycles. The Balaban J connectivity index is 1.73. The van der Waals surface area contributed by atoms with Crippen molar-refractivity contribution in [1.29, 1.82) is 0 Å². The zero-order valence-electron chi connectivity index (χ0n) is 13.3. The Hall–Kier alpha value is -2.74. The molecule has 0 heterocycles. The summed E-state index contributed by atoms with van der Waals surface area (Å²) in [6.45, 7) is -0.711. The Labute approximate surface area is 152 Å². The van der Waals surface area contributed by atoms with Crippen LogP contribution < -0.4 is 15.4 Å². The molecule has 0 bridgehead atoms. The van der Waals surface area contributed by atoms with Gasteiger partial charge in [0.05, 0.1) is 12.1 Å². The van der Waals surface area contributed by atoms with E-state index in [1.54, 1.807) is 24.3 Å². The molecule has 9 heteroatoms. The highest BCUT2D eigenvalue weighted by molar-refractivity contribution is 6.30. The summed E-state index contributed by atoms with van der Waals surface area (Å²) < 4.78 is 42.4. The lowest BCUT2D eigenvalue weighted by molar-refractivity contribution is -0.137. The molecule has 0 atom stereocenters. The number of nitrogens with one attached hydrogen (secondary N) is 2. The molecule has 0 aliphatic heterocycles. The van der Waals surface area contributed by atoms with Gasteiger partial charge in [0, 0.05) is 10.7 Å². The lowest BCUT2D eigenvalue weighted by atomic mass is 10.2. The molecule has 138 valence electrons. The Kier molecular flexibility index (Phi) is 6.46. The molecule has 0 unspecified atom stereocenters. The van der Waals surface area contributed by atoms with Crippen LogP contribution in [-0.4, -0.2) is 25.0 Å². The molecule has 2 rings (SSSR count). The maximum Gasteiger partial charge on any atom is 0.416 e. The zero-order chi connectivity index (χ0) is 19.2. The van der Waals surface area contributed by atoms with E-state index in [1.807, 2.05) is 0 Å². The van der Waals surface area contributed by atoms with Crippen molar-refractivity contribution in [3.8, 4) is 5.75 Å². The Bertz CT molecular complexity index is 762. The van der Waals surface area contributed by atoms with Crippen LogP contribution >= 0.6 is 11.6 Å². The quantitative estimate of drug-likeness (QED) is 0.798. The van der Waals surface area contributed by atoms with E-state index in [0.717, 1.165) is 24.3 Å². The molecule has 5 nitrogen and oxygen atoms in total. The van der Waals surface area contributed by atoms with E-state index in [4.69, 9.17) is 16.3 Å². The molecule has 2 N–H and O–H groups in total. The second-order valence-corrected chi connectivity index (χ2v) is 5.58. The molecule has 0 saturated carbocycles. The van der Waals surface area contributed by atoms with Gasteiger partial charge >= 0.3 is 6.18 Å².